The van der Waals surface area contributed by atoms with Crippen molar-refractivity contribution in [3.8, 4) is 0 Å². The molecule has 0 aromatic heterocycles. The Labute approximate surface area is 121 Å². The van der Waals surface area contributed by atoms with E-state index in [4.69, 9.17) is 0 Å². The number of carbonyl (C=O) groups is 2. The zero-order chi connectivity index (χ0) is 14.7. The van der Waals surface area contributed by atoms with Crippen LogP contribution in [0.25, 0.3) is 0 Å². The van der Waals surface area contributed by atoms with E-state index in [1.54, 1.807) is 0 Å². The van der Waals surface area contributed by atoms with E-state index in [0.29, 0.717) is 19.0 Å². The number of rotatable bonds is 7. The standard InChI is InChI=1S/C16H26N2O2/c1-4-6-17-9-11(3)10-18-15(19)13-7-12(5-2)8-14(13)16(18)20/h12-14,17H,3-10H2,1-2H3. The van der Waals surface area contributed by atoms with Crippen LogP contribution in [0.2, 0.25) is 0 Å². The fraction of sp³-hybridized carbons (Fsp3) is 0.750. The van der Waals surface area contributed by atoms with Crippen LogP contribution in [0.1, 0.15) is 39.5 Å². The molecule has 20 heavy (non-hydrogen) atoms. The van der Waals surface area contributed by atoms with Gasteiger partial charge in [0.2, 0.25) is 11.8 Å². The summed E-state index contributed by atoms with van der Waals surface area (Å²) in [5.41, 5.74) is 0.909. The lowest BCUT2D eigenvalue weighted by molar-refractivity contribution is -0.140. The molecular weight excluding hydrogens is 252 g/mol. The van der Waals surface area contributed by atoms with E-state index in [9.17, 15) is 9.59 Å². The van der Waals surface area contributed by atoms with Gasteiger partial charge in [-0.3, -0.25) is 14.5 Å². The van der Waals surface area contributed by atoms with Crippen molar-refractivity contribution >= 4 is 11.8 Å². The van der Waals surface area contributed by atoms with Gasteiger partial charge in [-0.05, 0) is 37.3 Å². The summed E-state index contributed by atoms with van der Waals surface area (Å²) in [5.74, 6) is 0.516. The molecule has 2 unspecified atom stereocenters. The maximum absolute atomic E-state index is 12.4. The first-order valence-corrected chi connectivity index (χ1v) is 7.81. The van der Waals surface area contributed by atoms with Gasteiger partial charge in [-0.2, -0.15) is 0 Å². The summed E-state index contributed by atoms with van der Waals surface area (Å²) in [6.45, 7) is 10.2. The third kappa shape index (κ3) is 2.95. The molecule has 0 aromatic carbocycles. The minimum absolute atomic E-state index is 0.0348. The third-order valence-corrected chi connectivity index (χ3v) is 4.59. The van der Waals surface area contributed by atoms with Gasteiger partial charge in [-0.25, -0.2) is 0 Å². The second-order valence-corrected chi connectivity index (χ2v) is 6.15. The van der Waals surface area contributed by atoms with Gasteiger partial charge in [0, 0.05) is 6.54 Å². The van der Waals surface area contributed by atoms with Gasteiger partial charge in [-0.1, -0.05) is 26.8 Å². The highest BCUT2D eigenvalue weighted by atomic mass is 16.2. The van der Waals surface area contributed by atoms with Crippen molar-refractivity contribution in [3.05, 3.63) is 12.2 Å². The number of hydrogen-bond donors (Lipinski definition) is 1. The molecule has 1 aliphatic carbocycles. The highest BCUT2D eigenvalue weighted by molar-refractivity contribution is 6.05. The van der Waals surface area contributed by atoms with Crippen LogP contribution in [0.3, 0.4) is 0 Å². The van der Waals surface area contributed by atoms with Crippen LogP contribution in [0.15, 0.2) is 12.2 Å². The molecule has 2 atom stereocenters. The van der Waals surface area contributed by atoms with E-state index in [2.05, 4.69) is 25.7 Å². The summed E-state index contributed by atoms with van der Waals surface area (Å²) in [6, 6.07) is 0. The number of likely N-dealkylation sites (tertiary alicyclic amines) is 1. The van der Waals surface area contributed by atoms with Crippen molar-refractivity contribution in [1.29, 1.82) is 0 Å². The third-order valence-electron chi connectivity index (χ3n) is 4.59. The molecule has 1 saturated heterocycles. The van der Waals surface area contributed by atoms with Gasteiger partial charge in [0.1, 0.15) is 0 Å². The molecule has 0 radical (unpaired) electrons. The lowest BCUT2D eigenvalue weighted by Gasteiger charge is -2.19. The molecule has 1 heterocycles. The lowest BCUT2D eigenvalue weighted by Crippen LogP contribution is -2.35. The molecular formula is C16H26N2O2. The van der Waals surface area contributed by atoms with E-state index in [1.807, 2.05) is 0 Å². The van der Waals surface area contributed by atoms with Crippen molar-refractivity contribution in [2.24, 2.45) is 17.8 Å². The van der Waals surface area contributed by atoms with Crippen LogP contribution in [0, 0.1) is 17.8 Å². The van der Waals surface area contributed by atoms with Gasteiger partial charge in [0.25, 0.3) is 0 Å². The van der Waals surface area contributed by atoms with Crippen LogP contribution in [0.4, 0.5) is 0 Å². The molecule has 0 bridgehead atoms. The Morgan fingerprint density at radius 3 is 2.35 bits per heavy atom. The maximum Gasteiger partial charge on any atom is 0.233 e. The first kappa shape index (κ1) is 15.2. The molecule has 1 N–H and O–H groups in total. The van der Waals surface area contributed by atoms with E-state index >= 15 is 0 Å². The molecule has 2 aliphatic rings. The Bertz CT molecular complexity index is 381. The number of nitrogens with zero attached hydrogens (tertiary/aromatic N) is 1. The monoisotopic (exact) mass is 278 g/mol. The van der Waals surface area contributed by atoms with Crippen molar-refractivity contribution in [3.63, 3.8) is 0 Å². The van der Waals surface area contributed by atoms with Crippen LogP contribution in [-0.4, -0.2) is 36.3 Å². The summed E-state index contributed by atoms with van der Waals surface area (Å²) in [4.78, 5) is 26.2. The molecule has 2 rings (SSSR count). The van der Waals surface area contributed by atoms with E-state index in [-0.39, 0.29) is 23.7 Å². The summed E-state index contributed by atoms with van der Waals surface area (Å²) in [5, 5.41) is 3.26. The van der Waals surface area contributed by atoms with Gasteiger partial charge < -0.3 is 5.32 Å². The summed E-state index contributed by atoms with van der Waals surface area (Å²) < 4.78 is 0. The average molecular weight is 278 g/mol. The largest absolute Gasteiger partial charge is 0.313 e. The molecule has 112 valence electrons. The second kappa shape index (κ2) is 6.53. The fourth-order valence-electron chi connectivity index (χ4n) is 3.41. The number of hydrogen-bond acceptors (Lipinski definition) is 3. The van der Waals surface area contributed by atoms with Crippen molar-refractivity contribution in [2.75, 3.05) is 19.6 Å². The average Bonchev–Trinajstić information content (AvgIpc) is 2.95. The quantitative estimate of drug-likeness (QED) is 0.440. The Hall–Kier alpha value is -1.16. The maximum atomic E-state index is 12.4. The molecule has 0 spiro atoms. The zero-order valence-electron chi connectivity index (χ0n) is 12.7. The summed E-state index contributed by atoms with van der Waals surface area (Å²) in [6.07, 6.45) is 3.92. The van der Waals surface area contributed by atoms with E-state index in [1.165, 1.54) is 4.90 Å². The topological polar surface area (TPSA) is 49.4 Å². The first-order chi connectivity index (χ1) is 9.58. The Morgan fingerprint density at radius 1 is 1.25 bits per heavy atom. The fourth-order valence-corrected chi connectivity index (χ4v) is 3.41. The van der Waals surface area contributed by atoms with Gasteiger partial charge in [0.05, 0.1) is 18.4 Å². The normalized spacial score (nSPS) is 29.1. The van der Waals surface area contributed by atoms with Crippen LogP contribution < -0.4 is 5.32 Å². The number of nitrogens with one attached hydrogen (secondary N) is 1. The number of amides is 2. The van der Waals surface area contributed by atoms with E-state index < -0.39 is 0 Å². The van der Waals surface area contributed by atoms with Gasteiger partial charge in [0.15, 0.2) is 0 Å². The number of imide groups is 1. The SMILES string of the molecule is C=C(CNCCC)CN1C(=O)C2CC(CC)CC2C1=O. The van der Waals surface area contributed by atoms with Crippen molar-refractivity contribution < 1.29 is 9.59 Å². The smallest absolute Gasteiger partial charge is 0.233 e. The lowest BCUT2D eigenvalue weighted by atomic mass is 10.00. The van der Waals surface area contributed by atoms with Crippen LogP contribution >= 0.6 is 0 Å². The van der Waals surface area contributed by atoms with Gasteiger partial charge >= 0.3 is 0 Å². The number of fused-ring (bicyclic) bond motifs is 1. The predicted molar refractivity (Wildman–Crippen MR) is 79.0 cm³/mol. The number of carbonyl (C=O) groups excluding carboxylic acids is 2. The van der Waals surface area contributed by atoms with Crippen molar-refractivity contribution in [1.82, 2.24) is 10.2 Å². The summed E-state index contributed by atoms with van der Waals surface area (Å²) >= 11 is 0. The molecule has 4 heteroatoms. The second-order valence-electron chi connectivity index (χ2n) is 6.15. The molecule has 1 saturated carbocycles. The first-order valence-electron chi connectivity index (χ1n) is 7.81. The molecule has 4 nitrogen and oxygen atoms in total. The Kier molecular flexibility index (Phi) is 4.97. The van der Waals surface area contributed by atoms with Crippen LogP contribution in [-0.2, 0) is 9.59 Å². The Morgan fingerprint density at radius 2 is 1.85 bits per heavy atom. The zero-order valence-corrected chi connectivity index (χ0v) is 12.7. The molecule has 0 aromatic rings. The molecule has 2 amide bonds. The van der Waals surface area contributed by atoms with Crippen LogP contribution in [0.5, 0.6) is 0 Å². The van der Waals surface area contributed by atoms with E-state index in [0.717, 1.165) is 37.8 Å². The molecule has 1 aliphatic heterocycles. The highest BCUT2D eigenvalue weighted by Gasteiger charge is 2.51. The minimum Gasteiger partial charge on any atom is -0.313 e. The molecule has 2 fully saturated rings. The minimum atomic E-state index is -0.0520. The summed E-state index contributed by atoms with van der Waals surface area (Å²) in [7, 11) is 0. The predicted octanol–water partition coefficient (Wildman–Crippen LogP) is 1.96. The highest BCUT2D eigenvalue weighted by Crippen LogP contribution is 2.44. The van der Waals surface area contributed by atoms with Gasteiger partial charge in [-0.15, -0.1) is 0 Å². The Balaban J connectivity index is 1.90. The van der Waals surface area contributed by atoms with Crippen molar-refractivity contribution in [2.45, 2.75) is 39.5 Å².